The molecule has 1 aromatic heterocycles. The average Bonchev–Trinajstić information content (AvgIpc) is 2.26. The molecule has 14 heavy (non-hydrogen) atoms. The molecule has 1 N–H and O–H groups in total. The number of hydrogen-bond donors (Lipinski definition) is 1. The summed E-state index contributed by atoms with van der Waals surface area (Å²) in [5.41, 5.74) is 0.277. The molecule has 1 aromatic rings. The van der Waals surface area contributed by atoms with E-state index in [1.165, 1.54) is 12.3 Å². The number of nitrogens with zero attached hydrogens (tertiary/aromatic N) is 1. The smallest absolute Gasteiger partial charge is 0.155 e. The van der Waals surface area contributed by atoms with Crippen LogP contribution in [-0.4, -0.2) is 29.5 Å². The summed E-state index contributed by atoms with van der Waals surface area (Å²) in [4.78, 5) is 3.80. The lowest BCUT2D eigenvalue weighted by molar-refractivity contribution is 0.129. The molecule has 0 saturated carbocycles. The van der Waals surface area contributed by atoms with Gasteiger partial charge in [-0.25, -0.2) is 8.78 Å². The fraction of sp³-hybridized carbons (Fsp3) is 0.444. The molecule has 5 heteroatoms. The van der Waals surface area contributed by atoms with Gasteiger partial charge >= 0.3 is 0 Å². The maximum Gasteiger partial charge on any atom is 0.155 e. The Morgan fingerprint density at radius 1 is 1.43 bits per heavy atom. The first-order valence-corrected chi connectivity index (χ1v) is 4.15. The third-order valence-electron chi connectivity index (χ3n) is 1.64. The minimum atomic E-state index is -1.12. The number of aliphatic hydroxyl groups excluding tert-OH is 1. The van der Waals surface area contributed by atoms with Crippen LogP contribution in [0.25, 0.3) is 0 Å². The van der Waals surface area contributed by atoms with E-state index < -0.39 is 19.5 Å². The molecule has 0 amide bonds. The normalized spacial score (nSPS) is 10.6. The molecule has 0 aromatic carbocycles. The van der Waals surface area contributed by atoms with Crippen LogP contribution in [0.15, 0.2) is 18.3 Å². The van der Waals surface area contributed by atoms with E-state index in [0.29, 0.717) is 0 Å². The molecule has 0 atom stereocenters. The Hall–Kier alpha value is -1.23. The summed E-state index contributed by atoms with van der Waals surface area (Å²) in [6.45, 7) is -2.13. The van der Waals surface area contributed by atoms with Crippen molar-refractivity contribution < 1.29 is 18.6 Å². The Balaban J connectivity index is 2.74. The molecule has 0 radical (unpaired) electrons. The van der Waals surface area contributed by atoms with Gasteiger partial charge in [-0.2, -0.15) is 0 Å². The van der Waals surface area contributed by atoms with Crippen LogP contribution in [0, 0.1) is 0 Å². The van der Waals surface area contributed by atoms with Crippen molar-refractivity contribution in [1.29, 1.82) is 0 Å². The Morgan fingerprint density at radius 2 is 2.14 bits per heavy atom. The van der Waals surface area contributed by atoms with Crippen molar-refractivity contribution in [1.82, 2.24) is 4.98 Å². The first kappa shape index (κ1) is 10.8. The van der Waals surface area contributed by atoms with Gasteiger partial charge in [-0.1, -0.05) is 0 Å². The van der Waals surface area contributed by atoms with Crippen molar-refractivity contribution in [2.75, 3.05) is 13.3 Å². The standard InChI is InChI=1S/C9H11F2NO2/c10-4-7(5-11)14-9-2-1-3-12-8(9)6-13/h1-3,7,13H,4-6H2. The van der Waals surface area contributed by atoms with Gasteiger partial charge in [0.1, 0.15) is 24.8 Å². The third-order valence-corrected chi connectivity index (χ3v) is 1.64. The molecular formula is C9H11F2NO2. The van der Waals surface area contributed by atoms with Gasteiger partial charge < -0.3 is 9.84 Å². The third kappa shape index (κ3) is 2.63. The quantitative estimate of drug-likeness (QED) is 0.783. The highest BCUT2D eigenvalue weighted by Gasteiger charge is 2.12. The van der Waals surface area contributed by atoms with E-state index in [9.17, 15) is 8.78 Å². The van der Waals surface area contributed by atoms with Crippen molar-refractivity contribution in [2.45, 2.75) is 12.7 Å². The molecule has 1 heterocycles. The number of aromatic nitrogens is 1. The highest BCUT2D eigenvalue weighted by molar-refractivity contribution is 5.26. The Kier molecular flexibility index (Phi) is 4.25. The molecule has 0 aliphatic carbocycles. The maximum absolute atomic E-state index is 12.1. The summed E-state index contributed by atoms with van der Waals surface area (Å²) in [6.07, 6.45) is 0.350. The highest BCUT2D eigenvalue weighted by atomic mass is 19.1. The zero-order chi connectivity index (χ0) is 10.4. The van der Waals surface area contributed by atoms with E-state index in [0.717, 1.165) is 0 Å². The van der Waals surface area contributed by atoms with Crippen molar-refractivity contribution >= 4 is 0 Å². The second-order valence-corrected chi connectivity index (χ2v) is 2.65. The summed E-state index contributed by atoms with van der Waals surface area (Å²) in [5, 5.41) is 8.85. The van der Waals surface area contributed by atoms with E-state index in [4.69, 9.17) is 9.84 Å². The predicted octanol–water partition coefficient (Wildman–Crippen LogP) is 1.26. The summed E-state index contributed by atoms with van der Waals surface area (Å²) in [6, 6.07) is 3.08. The lowest BCUT2D eigenvalue weighted by atomic mass is 10.3. The minimum Gasteiger partial charge on any atom is -0.483 e. The van der Waals surface area contributed by atoms with Gasteiger partial charge in [0.05, 0.1) is 6.61 Å². The molecule has 0 unspecified atom stereocenters. The number of hydrogen-bond acceptors (Lipinski definition) is 3. The lowest BCUT2D eigenvalue weighted by Crippen LogP contribution is -2.22. The van der Waals surface area contributed by atoms with E-state index in [2.05, 4.69) is 4.98 Å². The molecular weight excluding hydrogens is 192 g/mol. The number of aliphatic hydroxyl groups is 1. The largest absolute Gasteiger partial charge is 0.483 e. The summed E-state index contributed by atoms with van der Waals surface area (Å²) >= 11 is 0. The fourth-order valence-electron chi connectivity index (χ4n) is 0.933. The minimum absolute atomic E-state index is 0.218. The second kappa shape index (κ2) is 5.49. The van der Waals surface area contributed by atoms with E-state index in [1.54, 1.807) is 6.07 Å². The molecule has 78 valence electrons. The zero-order valence-electron chi connectivity index (χ0n) is 7.49. The fourth-order valence-corrected chi connectivity index (χ4v) is 0.933. The highest BCUT2D eigenvalue weighted by Crippen LogP contribution is 2.17. The lowest BCUT2D eigenvalue weighted by Gasteiger charge is -2.14. The number of rotatable bonds is 5. The van der Waals surface area contributed by atoms with E-state index >= 15 is 0 Å². The number of pyridine rings is 1. The number of ether oxygens (including phenoxy) is 1. The molecule has 1 rings (SSSR count). The van der Waals surface area contributed by atoms with Crippen molar-refractivity contribution in [2.24, 2.45) is 0 Å². The van der Waals surface area contributed by atoms with Crippen molar-refractivity contribution in [3.05, 3.63) is 24.0 Å². The van der Waals surface area contributed by atoms with E-state index in [-0.39, 0.29) is 18.1 Å². The van der Waals surface area contributed by atoms with Crippen LogP contribution in [0.2, 0.25) is 0 Å². The Labute approximate surface area is 80.3 Å². The maximum atomic E-state index is 12.1. The van der Waals surface area contributed by atoms with Gasteiger partial charge in [-0.05, 0) is 12.1 Å². The zero-order valence-corrected chi connectivity index (χ0v) is 7.49. The van der Waals surface area contributed by atoms with Crippen LogP contribution < -0.4 is 4.74 Å². The predicted molar refractivity (Wildman–Crippen MR) is 46.5 cm³/mol. The van der Waals surface area contributed by atoms with Gasteiger partial charge in [0.15, 0.2) is 6.10 Å². The monoisotopic (exact) mass is 203 g/mol. The number of alkyl halides is 2. The Morgan fingerprint density at radius 3 is 2.71 bits per heavy atom. The van der Waals surface area contributed by atoms with Crippen LogP contribution >= 0.6 is 0 Å². The molecule has 0 aliphatic heterocycles. The van der Waals surface area contributed by atoms with Crippen molar-refractivity contribution in [3.63, 3.8) is 0 Å². The molecule has 0 saturated heterocycles. The SMILES string of the molecule is OCc1ncccc1OC(CF)CF. The van der Waals surface area contributed by atoms with Crippen LogP contribution in [0.3, 0.4) is 0 Å². The van der Waals surface area contributed by atoms with Gasteiger partial charge in [0, 0.05) is 6.20 Å². The molecule has 0 bridgehead atoms. The van der Waals surface area contributed by atoms with Gasteiger partial charge in [0.25, 0.3) is 0 Å². The molecule has 0 spiro atoms. The second-order valence-electron chi connectivity index (χ2n) is 2.65. The first-order chi connectivity index (χ1) is 6.81. The van der Waals surface area contributed by atoms with Crippen LogP contribution in [0.1, 0.15) is 5.69 Å². The molecule has 0 fully saturated rings. The van der Waals surface area contributed by atoms with Gasteiger partial charge in [0.2, 0.25) is 0 Å². The van der Waals surface area contributed by atoms with Gasteiger partial charge in [-0.15, -0.1) is 0 Å². The topological polar surface area (TPSA) is 42.4 Å². The van der Waals surface area contributed by atoms with Gasteiger partial charge in [-0.3, -0.25) is 4.98 Å². The van der Waals surface area contributed by atoms with E-state index in [1.807, 2.05) is 0 Å². The summed E-state index contributed by atoms with van der Waals surface area (Å²) < 4.78 is 29.2. The van der Waals surface area contributed by atoms with Crippen LogP contribution in [-0.2, 0) is 6.61 Å². The summed E-state index contributed by atoms with van der Waals surface area (Å²) in [5.74, 6) is 0.218. The molecule has 3 nitrogen and oxygen atoms in total. The molecule has 0 aliphatic rings. The van der Waals surface area contributed by atoms with Crippen molar-refractivity contribution in [3.8, 4) is 5.75 Å². The summed E-state index contributed by atoms with van der Waals surface area (Å²) in [7, 11) is 0. The average molecular weight is 203 g/mol. The Bertz CT molecular complexity index is 279. The van der Waals surface area contributed by atoms with Crippen LogP contribution in [0.5, 0.6) is 5.75 Å². The first-order valence-electron chi connectivity index (χ1n) is 4.15. The number of halogens is 2. The van der Waals surface area contributed by atoms with Crippen LogP contribution in [0.4, 0.5) is 8.78 Å².